The summed E-state index contributed by atoms with van der Waals surface area (Å²) in [4.78, 5) is 28.5. The number of rotatable bonds is 4. The summed E-state index contributed by atoms with van der Waals surface area (Å²) >= 11 is 0. The van der Waals surface area contributed by atoms with E-state index in [2.05, 4.69) is 0 Å². The summed E-state index contributed by atoms with van der Waals surface area (Å²) in [6.07, 6.45) is 1.59. The fourth-order valence-electron chi connectivity index (χ4n) is 4.97. The molecular weight excluding hydrogens is 414 g/mol. The van der Waals surface area contributed by atoms with Crippen LogP contribution in [0.5, 0.6) is 11.5 Å². The van der Waals surface area contributed by atoms with E-state index in [9.17, 15) is 9.59 Å². The first-order valence-corrected chi connectivity index (χ1v) is 11.4. The highest BCUT2D eigenvalue weighted by Crippen LogP contribution is 2.41. The molecule has 5 rings (SSSR count). The summed E-state index contributed by atoms with van der Waals surface area (Å²) in [5, 5.41) is 0. The number of carbonyl (C=O) groups is 2. The summed E-state index contributed by atoms with van der Waals surface area (Å²) in [6.45, 7) is 1.11. The number of carbonyl (C=O) groups excluding carboxylic acids is 2. The van der Waals surface area contributed by atoms with Crippen LogP contribution < -0.4 is 9.47 Å². The molecule has 1 saturated heterocycles. The fourth-order valence-corrected chi connectivity index (χ4v) is 4.97. The molecule has 33 heavy (non-hydrogen) atoms. The van der Waals surface area contributed by atoms with Crippen LogP contribution in [-0.2, 0) is 4.79 Å². The standard InChI is InChI=1S/C28H27NO4/c1-32-22-12-13-23-24(30)19-28(33-25(23)18-22)14-16-29(17-15-28)27(31)26(20-8-4-2-5-9-20)21-10-6-3-7-11-21/h2-13,18,26H,14-17,19H2,1H3. The van der Waals surface area contributed by atoms with Crippen LogP contribution in [0.1, 0.15) is 46.7 Å². The van der Waals surface area contributed by atoms with Crippen LogP contribution >= 0.6 is 0 Å². The SMILES string of the molecule is COc1ccc2c(c1)OC1(CCN(C(=O)C(c3ccccc3)c3ccccc3)CC1)CC2=O. The molecule has 3 aromatic rings. The van der Waals surface area contributed by atoms with E-state index in [0.717, 1.165) is 11.1 Å². The van der Waals surface area contributed by atoms with Crippen LogP contribution in [0.3, 0.4) is 0 Å². The summed E-state index contributed by atoms with van der Waals surface area (Å²) in [5.74, 6) is 1.08. The number of benzene rings is 3. The van der Waals surface area contributed by atoms with E-state index in [0.29, 0.717) is 49.4 Å². The van der Waals surface area contributed by atoms with Crippen molar-refractivity contribution in [3.63, 3.8) is 0 Å². The Balaban J connectivity index is 1.36. The number of ether oxygens (including phenoxy) is 2. The topological polar surface area (TPSA) is 55.8 Å². The predicted molar refractivity (Wildman–Crippen MR) is 126 cm³/mol. The number of nitrogens with zero attached hydrogens (tertiary/aromatic N) is 1. The lowest BCUT2D eigenvalue weighted by Crippen LogP contribution is -2.53. The summed E-state index contributed by atoms with van der Waals surface area (Å²) in [5.41, 5.74) is 2.01. The van der Waals surface area contributed by atoms with Gasteiger partial charge in [-0.2, -0.15) is 0 Å². The molecule has 0 unspecified atom stereocenters. The van der Waals surface area contributed by atoms with Crippen molar-refractivity contribution >= 4 is 11.7 Å². The normalized spacial score (nSPS) is 16.9. The van der Waals surface area contributed by atoms with Crippen molar-refractivity contribution in [2.45, 2.75) is 30.8 Å². The minimum absolute atomic E-state index is 0.0881. The number of fused-ring (bicyclic) bond motifs is 1. The van der Waals surface area contributed by atoms with E-state index < -0.39 is 5.60 Å². The predicted octanol–water partition coefficient (Wildman–Crippen LogP) is 4.85. The molecule has 1 fully saturated rings. The lowest BCUT2D eigenvalue weighted by Gasteiger charge is -2.44. The van der Waals surface area contributed by atoms with E-state index in [4.69, 9.17) is 9.47 Å². The van der Waals surface area contributed by atoms with Crippen molar-refractivity contribution in [3.8, 4) is 11.5 Å². The van der Waals surface area contributed by atoms with Crippen molar-refractivity contribution in [2.75, 3.05) is 20.2 Å². The second-order valence-electron chi connectivity index (χ2n) is 8.83. The lowest BCUT2D eigenvalue weighted by atomic mass is 9.81. The van der Waals surface area contributed by atoms with E-state index in [1.165, 1.54) is 0 Å². The van der Waals surface area contributed by atoms with Crippen LogP contribution in [0.2, 0.25) is 0 Å². The molecule has 0 aromatic heterocycles. The minimum atomic E-state index is -0.567. The van der Waals surface area contributed by atoms with Crippen molar-refractivity contribution in [3.05, 3.63) is 95.6 Å². The number of hydrogen-bond acceptors (Lipinski definition) is 4. The molecule has 0 radical (unpaired) electrons. The highest BCUT2D eigenvalue weighted by molar-refractivity contribution is 6.00. The van der Waals surface area contributed by atoms with Gasteiger partial charge in [-0.25, -0.2) is 0 Å². The monoisotopic (exact) mass is 441 g/mol. The summed E-state index contributed by atoms with van der Waals surface area (Å²) in [7, 11) is 1.60. The number of ketones is 1. The quantitative estimate of drug-likeness (QED) is 0.581. The molecule has 168 valence electrons. The van der Waals surface area contributed by atoms with Gasteiger partial charge in [0, 0.05) is 32.0 Å². The Labute approximate surface area is 193 Å². The highest BCUT2D eigenvalue weighted by Gasteiger charge is 2.44. The van der Waals surface area contributed by atoms with Gasteiger partial charge in [-0.1, -0.05) is 60.7 Å². The van der Waals surface area contributed by atoms with Gasteiger partial charge >= 0.3 is 0 Å². The Morgan fingerprint density at radius 1 is 0.939 bits per heavy atom. The number of methoxy groups -OCH3 is 1. The molecule has 0 N–H and O–H groups in total. The lowest BCUT2D eigenvalue weighted by molar-refractivity contribution is -0.135. The van der Waals surface area contributed by atoms with E-state index in [1.54, 1.807) is 25.3 Å². The van der Waals surface area contributed by atoms with Gasteiger partial charge in [-0.15, -0.1) is 0 Å². The average molecular weight is 442 g/mol. The highest BCUT2D eigenvalue weighted by atomic mass is 16.5. The van der Waals surface area contributed by atoms with E-state index in [1.807, 2.05) is 65.6 Å². The molecule has 2 heterocycles. The molecule has 1 amide bonds. The Bertz CT molecular complexity index is 1110. The van der Waals surface area contributed by atoms with Crippen LogP contribution in [0.4, 0.5) is 0 Å². The van der Waals surface area contributed by atoms with E-state index >= 15 is 0 Å². The van der Waals surface area contributed by atoms with Crippen molar-refractivity contribution in [2.24, 2.45) is 0 Å². The van der Waals surface area contributed by atoms with Gasteiger partial charge in [0.1, 0.15) is 17.1 Å². The molecule has 2 aliphatic rings. The van der Waals surface area contributed by atoms with Crippen molar-refractivity contribution in [1.29, 1.82) is 0 Å². The molecule has 0 saturated carbocycles. The summed E-state index contributed by atoms with van der Waals surface area (Å²) < 4.78 is 11.7. The van der Waals surface area contributed by atoms with Gasteiger partial charge in [0.2, 0.25) is 5.91 Å². The third-order valence-corrected chi connectivity index (χ3v) is 6.80. The first-order chi connectivity index (χ1) is 16.1. The number of likely N-dealkylation sites (tertiary alicyclic amines) is 1. The molecule has 0 atom stereocenters. The first kappa shape index (κ1) is 21.3. The molecule has 1 spiro atoms. The Morgan fingerprint density at radius 2 is 1.55 bits per heavy atom. The van der Waals surface area contributed by atoms with Gasteiger partial charge in [-0.05, 0) is 23.3 Å². The maximum Gasteiger partial charge on any atom is 0.234 e. The zero-order valence-electron chi connectivity index (χ0n) is 18.7. The second-order valence-corrected chi connectivity index (χ2v) is 8.83. The van der Waals surface area contributed by atoms with E-state index in [-0.39, 0.29) is 17.6 Å². The van der Waals surface area contributed by atoms with Gasteiger partial charge < -0.3 is 14.4 Å². The zero-order chi connectivity index (χ0) is 22.8. The van der Waals surface area contributed by atoms with Gasteiger partial charge in [0.05, 0.1) is 25.0 Å². The third kappa shape index (κ3) is 4.11. The number of Topliss-reactive ketones (excluding diaryl/α,β-unsaturated/α-hetero) is 1. The number of piperidine rings is 1. The molecule has 5 heteroatoms. The molecule has 0 bridgehead atoms. The number of hydrogen-bond donors (Lipinski definition) is 0. The third-order valence-electron chi connectivity index (χ3n) is 6.80. The van der Waals surface area contributed by atoms with Gasteiger partial charge in [-0.3, -0.25) is 9.59 Å². The second kappa shape index (κ2) is 8.74. The number of amides is 1. The minimum Gasteiger partial charge on any atom is -0.497 e. The molecule has 2 aliphatic heterocycles. The Hall–Kier alpha value is -3.60. The molecule has 5 nitrogen and oxygen atoms in total. The smallest absolute Gasteiger partial charge is 0.234 e. The van der Waals surface area contributed by atoms with Crippen LogP contribution in [0.15, 0.2) is 78.9 Å². The summed E-state index contributed by atoms with van der Waals surface area (Å²) in [6, 6.07) is 25.2. The molecule has 3 aromatic carbocycles. The Morgan fingerprint density at radius 3 is 2.12 bits per heavy atom. The van der Waals surface area contributed by atoms with Gasteiger partial charge in [0.25, 0.3) is 0 Å². The maximum absolute atomic E-state index is 13.7. The first-order valence-electron chi connectivity index (χ1n) is 11.4. The maximum atomic E-state index is 13.7. The van der Waals surface area contributed by atoms with Crippen molar-refractivity contribution in [1.82, 2.24) is 4.90 Å². The van der Waals surface area contributed by atoms with Crippen LogP contribution in [0.25, 0.3) is 0 Å². The zero-order valence-corrected chi connectivity index (χ0v) is 18.7. The molecule has 0 aliphatic carbocycles. The fraction of sp³-hybridized carbons (Fsp3) is 0.286. The van der Waals surface area contributed by atoms with Gasteiger partial charge in [0.15, 0.2) is 5.78 Å². The molecular formula is C28H27NO4. The van der Waals surface area contributed by atoms with Crippen molar-refractivity contribution < 1.29 is 19.1 Å². The average Bonchev–Trinajstić information content (AvgIpc) is 2.85. The van der Waals surface area contributed by atoms with Crippen LogP contribution in [-0.4, -0.2) is 42.4 Å². The Kier molecular flexibility index (Phi) is 5.63. The largest absolute Gasteiger partial charge is 0.497 e. The van der Waals surface area contributed by atoms with Crippen LogP contribution in [0, 0.1) is 0 Å².